The molecule has 2 unspecified atom stereocenters. The van der Waals surface area contributed by atoms with E-state index in [2.05, 4.69) is 24.3 Å². The van der Waals surface area contributed by atoms with Gasteiger partial charge in [0.2, 0.25) is 0 Å². The van der Waals surface area contributed by atoms with Crippen LogP contribution in [-0.4, -0.2) is 12.6 Å². The quantitative estimate of drug-likeness (QED) is 0.871. The summed E-state index contributed by atoms with van der Waals surface area (Å²) in [6.45, 7) is 2.18. The van der Waals surface area contributed by atoms with Gasteiger partial charge in [-0.15, -0.1) is 11.3 Å². The Morgan fingerprint density at radius 2 is 2.10 bits per heavy atom. The van der Waals surface area contributed by atoms with E-state index in [9.17, 15) is 4.79 Å². The molecule has 0 bridgehead atoms. The lowest BCUT2D eigenvalue weighted by molar-refractivity contribution is 0.0527. The molecule has 1 aromatic carbocycles. The summed E-state index contributed by atoms with van der Waals surface area (Å²) in [6, 6.07) is 10.4. The summed E-state index contributed by atoms with van der Waals surface area (Å²) < 4.78 is 5.11. The largest absolute Gasteiger partial charge is 0.462 e. The number of ether oxygens (including phenoxy) is 1. The predicted molar refractivity (Wildman–Crippen MR) is 81.2 cm³/mol. The van der Waals surface area contributed by atoms with Crippen LogP contribution in [0.2, 0.25) is 0 Å². The Labute approximate surface area is 122 Å². The Morgan fingerprint density at radius 3 is 2.80 bits per heavy atom. The van der Waals surface area contributed by atoms with Gasteiger partial charge in [-0.1, -0.05) is 30.3 Å². The van der Waals surface area contributed by atoms with Gasteiger partial charge < -0.3 is 10.5 Å². The minimum absolute atomic E-state index is 0.292. The third-order valence-corrected chi connectivity index (χ3v) is 4.57. The average Bonchev–Trinajstić information content (AvgIpc) is 3.16. The lowest BCUT2D eigenvalue weighted by Gasteiger charge is -2.05. The van der Waals surface area contributed by atoms with Crippen LogP contribution in [-0.2, 0) is 4.74 Å². The number of esters is 1. The molecular formula is C16H17NO2S. The van der Waals surface area contributed by atoms with E-state index in [-0.39, 0.29) is 5.97 Å². The van der Waals surface area contributed by atoms with E-state index >= 15 is 0 Å². The zero-order chi connectivity index (χ0) is 14.1. The first-order valence-electron chi connectivity index (χ1n) is 6.81. The minimum atomic E-state index is -0.292. The van der Waals surface area contributed by atoms with Gasteiger partial charge in [0.1, 0.15) is 5.00 Å². The summed E-state index contributed by atoms with van der Waals surface area (Å²) in [4.78, 5) is 12.0. The van der Waals surface area contributed by atoms with Gasteiger partial charge in [-0.05, 0) is 41.7 Å². The molecule has 1 aliphatic rings. The van der Waals surface area contributed by atoms with Crippen molar-refractivity contribution >= 4 is 22.3 Å². The number of nitrogen functional groups attached to an aromatic ring is 1. The Bertz CT molecular complexity index is 621. The van der Waals surface area contributed by atoms with Gasteiger partial charge in [0, 0.05) is 0 Å². The fourth-order valence-corrected chi connectivity index (χ4v) is 3.55. The molecule has 2 N–H and O–H groups in total. The smallest absolute Gasteiger partial charge is 0.341 e. The highest BCUT2D eigenvalue weighted by Crippen LogP contribution is 2.56. The van der Waals surface area contributed by atoms with Gasteiger partial charge in [0.25, 0.3) is 0 Å². The van der Waals surface area contributed by atoms with Gasteiger partial charge in [-0.2, -0.15) is 0 Å². The second-order valence-electron chi connectivity index (χ2n) is 5.01. The number of benzene rings is 1. The first-order chi connectivity index (χ1) is 9.72. The molecule has 2 atom stereocenters. The third kappa shape index (κ3) is 2.31. The molecule has 0 amide bonds. The van der Waals surface area contributed by atoms with Crippen LogP contribution < -0.4 is 5.73 Å². The van der Waals surface area contributed by atoms with E-state index in [0.29, 0.717) is 29.0 Å². The third-order valence-electron chi connectivity index (χ3n) is 3.75. The van der Waals surface area contributed by atoms with Gasteiger partial charge in [0.05, 0.1) is 12.2 Å². The number of rotatable bonds is 4. The van der Waals surface area contributed by atoms with Crippen LogP contribution in [0, 0.1) is 0 Å². The maximum Gasteiger partial charge on any atom is 0.341 e. The second kappa shape index (κ2) is 5.29. The van der Waals surface area contributed by atoms with E-state index in [1.54, 1.807) is 0 Å². The normalized spacial score (nSPS) is 20.6. The summed E-state index contributed by atoms with van der Waals surface area (Å²) in [7, 11) is 0. The van der Waals surface area contributed by atoms with Crippen molar-refractivity contribution in [2.24, 2.45) is 0 Å². The summed E-state index contributed by atoms with van der Waals surface area (Å²) in [6.07, 6.45) is 1.08. The number of hydrogen-bond acceptors (Lipinski definition) is 4. The molecule has 0 radical (unpaired) electrons. The zero-order valence-electron chi connectivity index (χ0n) is 11.3. The van der Waals surface area contributed by atoms with Crippen molar-refractivity contribution < 1.29 is 9.53 Å². The van der Waals surface area contributed by atoms with Crippen LogP contribution in [0.15, 0.2) is 35.7 Å². The summed E-state index contributed by atoms with van der Waals surface area (Å²) in [5.74, 6) is 0.601. The molecule has 1 aliphatic carbocycles. The molecule has 2 aromatic rings. The molecule has 1 aromatic heterocycles. The van der Waals surface area contributed by atoms with Gasteiger partial charge >= 0.3 is 5.97 Å². The van der Waals surface area contributed by atoms with Crippen LogP contribution in [0.4, 0.5) is 5.00 Å². The molecule has 3 nitrogen and oxygen atoms in total. The summed E-state index contributed by atoms with van der Waals surface area (Å²) in [5.41, 5.74) is 8.91. The van der Waals surface area contributed by atoms with Gasteiger partial charge in [-0.3, -0.25) is 0 Å². The molecule has 20 heavy (non-hydrogen) atoms. The zero-order valence-corrected chi connectivity index (χ0v) is 12.2. The number of carbonyl (C=O) groups is 1. The van der Waals surface area contributed by atoms with Crippen molar-refractivity contribution in [3.8, 4) is 0 Å². The maximum atomic E-state index is 12.0. The van der Waals surface area contributed by atoms with E-state index < -0.39 is 0 Å². The first kappa shape index (κ1) is 13.2. The molecular weight excluding hydrogens is 270 g/mol. The molecule has 104 valence electrons. The van der Waals surface area contributed by atoms with E-state index in [0.717, 1.165) is 12.0 Å². The highest BCUT2D eigenvalue weighted by molar-refractivity contribution is 7.14. The van der Waals surface area contributed by atoms with Crippen molar-refractivity contribution in [3.63, 3.8) is 0 Å². The highest BCUT2D eigenvalue weighted by atomic mass is 32.1. The molecule has 0 aliphatic heterocycles. The lowest BCUT2D eigenvalue weighted by atomic mass is 10.0. The molecule has 1 heterocycles. The second-order valence-corrected chi connectivity index (χ2v) is 5.92. The number of nitrogens with two attached hydrogens (primary N) is 1. The van der Waals surface area contributed by atoms with Crippen molar-refractivity contribution in [2.45, 2.75) is 25.2 Å². The van der Waals surface area contributed by atoms with E-state index in [1.165, 1.54) is 16.9 Å². The molecule has 0 spiro atoms. The van der Waals surface area contributed by atoms with Crippen LogP contribution in [0.3, 0.4) is 0 Å². The Kier molecular flexibility index (Phi) is 3.49. The van der Waals surface area contributed by atoms with Crippen molar-refractivity contribution in [1.82, 2.24) is 0 Å². The minimum Gasteiger partial charge on any atom is -0.462 e. The van der Waals surface area contributed by atoms with Crippen molar-refractivity contribution in [2.75, 3.05) is 12.3 Å². The standard InChI is InChI=1S/C16H17NO2S/c1-2-19-16(18)14-13(9-20-15(14)17)12-8-11(12)10-6-4-3-5-7-10/h3-7,9,11-12H,2,8,17H2,1H3. The monoisotopic (exact) mass is 287 g/mol. The molecule has 0 saturated heterocycles. The number of thiophene rings is 1. The van der Waals surface area contributed by atoms with Gasteiger partial charge in [-0.25, -0.2) is 4.79 Å². The summed E-state index contributed by atoms with van der Waals surface area (Å²) in [5, 5.41) is 2.58. The van der Waals surface area contributed by atoms with E-state index in [4.69, 9.17) is 10.5 Å². The summed E-state index contributed by atoms with van der Waals surface area (Å²) >= 11 is 1.43. The predicted octanol–water partition coefficient (Wildman–Crippen LogP) is 3.78. The van der Waals surface area contributed by atoms with Crippen molar-refractivity contribution in [1.29, 1.82) is 0 Å². The van der Waals surface area contributed by atoms with Gasteiger partial charge in [0.15, 0.2) is 0 Å². The van der Waals surface area contributed by atoms with Crippen molar-refractivity contribution in [3.05, 3.63) is 52.4 Å². The number of anilines is 1. The fraction of sp³-hybridized carbons (Fsp3) is 0.312. The highest BCUT2D eigenvalue weighted by Gasteiger charge is 2.42. The first-order valence-corrected chi connectivity index (χ1v) is 7.69. The SMILES string of the molecule is CCOC(=O)c1c(C2CC2c2ccccc2)csc1N. The topological polar surface area (TPSA) is 52.3 Å². The Morgan fingerprint density at radius 1 is 1.35 bits per heavy atom. The van der Waals surface area contributed by atoms with E-state index in [1.807, 2.05) is 18.4 Å². The van der Waals surface area contributed by atoms with Crippen LogP contribution in [0.25, 0.3) is 0 Å². The molecule has 1 fully saturated rings. The maximum absolute atomic E-state index is 12.0. The Hall–Kier alpha value is -1.81. The molecule has 1 saturated carbocycles. The lowest BCUT2D eigenvalue weighted by Crippen LogP contribution is -2.08. The fourth-order valence-electron chi connectivity index (χ4n) is 2.69. The van der Waals surface area contributed by atoms with Crippen LogP contribution >= 0.6 is 11.3 Å². The number of carbonyl (C=O) groups excluding carboxylic acids is 1. The average molecular weight is 287 g/mol. The number of hydrogen-bond donors (Lipinski definition) is 1. The van der Waals surface area contributed by atoms with Crippen LogP contribution in [0.1, 0.15) is 46.7 Å². The molecule has 3 rings (SSSR count). The molecule has 4 heteroatoms. The Balaban J connectivity index is 1.85. The van der Waals surface area contributed by atoms with Crippen LogP contribution in [0.5, 0.6) is 0 Å².